The Bertz CT molecular complexity index is 65.9. The number of hydrogen-bond donors (Lipinski definition) is 2. The molecule has 54 valence electrons. The van der Waals surface area contributed by atoms with Crippen LogP contribution in [-0.2, 0) is 0 Å². The fourth-order valence-electron chi connectivity index (χ4n) is 1.21. The fraction of sp³-hybridized carbons (Fsp3) is 1.00. The second kappa shape index (κ2) is 3.82. The molecule has 0 unspecified atom stereocenters. The average molecular weight is 130 g/mol. The summed E-state index contributed by atoms with van der Waals surface area (Å²) in [6.07, 6.45) is 0. The molecule has 0 aromatic heterocycles. The standard InChI is InChI=1S/C6H15N3/c7-1-4-9-5-2-8-3-6-9/h8H,1-7H2/p+1. The molecule has 1 saturated heterocycles. The molecule has 0 bridgehead atoms. The predicted molar refractivity (Wildman–Crippen MR) is 37.2 cm³/mol. The van der Waals surface area contributed by atoms with Crippen molar-refractivity contribution in [1.82, 2.24) is 4.90 Å². The van der Waals surface area contributed by atoms with Crippen molar-refractivity contribution < 1.29 is 5.32 Å². The molecule has 3 heteroatoms. The van der Waals surface area contributed by atoms with Gasteiger partial charge >= 0.3 is 0 Å². The first-order valence-corrected chi connectivity index (χ1v) is 3.67. The first kappa shape index (κ1) is 6.99. The van der Waals surface area contributed by atoms with E-state index in [-0.39, 0.29) is 0 Å². The van der Waals surface area contributed by atoms with E-state index in [9.17, 15) is 0 Å². The molecule has 0 aliphatic carbocycles. The van der Waals surface area contributed by atoms with Gasteiger partial charge in [0.1, 0.15) is 0 Å². The zero-order valence-electron chi connectivity index (χ0n) is 5.84. The van der Waals surface area contributed by atoms with Gasteiger partial charge in [0, 0.05) is 26.2 Å². The Morgan fingerprint density at radius 1 is 1.33 bits per heavy atom. The molecule has 0 amide bonds. The van der Waals surface area contributed by atoms with Gasteiger partial charge in [-0.3, -0.25) is 4.90 Å². The molecule has 3 nitrogen and oxygen atoms in total. The van der Waals surface area contributed by atoms with Crippen molar-refractivity contribution in [1.29, 1.82) is 0 Å². The highest BCUT2D eigenvalue weighted by Crippen LogP contribution is 1.84. The Morgan fingerprint density at radius 3 is 2.56 bits per heavy atom. The Hall–Kier alpha value is -0.120. The third kappa shape index (κ3) is 2.30. The summed E-state index contributed by atoms with van der Waals surface area (Å²) in [5, 5.41) is 2.35. The van der Waals surface area contributed by atoms with Crippen LogP contribution < -0.4 is 11.1 Å². The summed E-state index contributed by atoms with van der Waals surface area (Å²) in [6.45, 7) is 6.82. The minimum absolute atomic E-state index is 0.806. The van der Waals surface area contributed by atoms with Gasteiger partial charge in [0.15, 0.2) is 0 Å². The van der Waals surface area contributed by atoms with Crippen molar-refractivity contribution in [2.45, 2.75) is 0 Å². The number of hydrogen-bond acceptors (Lipinski definition) is 2. The molecule has 0 spiro atoms. The second-order valence-electron chi connectivity index (χ2n) is 2.50. The molecule has 1 aliphatic rings. The zero-order chi connectivity index (χ0) is 6.53. The summed E-state index contributed by atoms with van der Waals surface area (Å²) in [4.78, 5) is 2.42. The highest BCUT2D eigenvalue weighted by Gasteiger charge is 2.09. The number of rotatable bonds is 2. The summed E-state index contributed by atoms with van der Waals surface area (Å²) >= 11 is 0. The minimum Gasteiger partial charge on any atom is -0.344 e. The normalized spacial score (nSPS) is 22.3. The molecule has 1 heterocycles. The van der Waals surface area contributed by atoms with Gasteiger partial charge in [0.25, 0.3) is 0 Å². The summed E-state index contributed by atoms with van der Waals surface area (Å²) in [5.74, 6) is 0. The van der Waals surface area contributed by atoms with E-state index in [2.05, 4.69) is 10.2 Å². The maximum absolute atomic E-state index is 5.41. The summed E-state index contributed by atoms with van der Waals surface area (Å²) < 4.78 is 0. The first-order chi connectivity index (χ1) is 4.43. The van der Waals surface area contributed by atoms with E-state index < -0.39 is 0 Å². The van der Waals surface area contributed by atoms with Crippen molar-refractivity contribution in [3.05, 3.63) is 0 Å². The van der Waals surface area contributed by atoms with Crippen LogP contribution in [0, 0.1) is 0 Å². The summed E-state index contributed by atoms with van der Waals surface area (Å²) in [7, 11) is 0. The molecule has 0 radical (unpaired) electrons. The lowest BCUT2D eigenvalue weighted by Crippen LogP contribution is -2.89. The predicted octanol–water partition coefficient (Wildman–Crippen LogP) is -2.18. The van der Waals surface area contributed by atoms with E-state index in [0.717, 1.165) is 13.1 Å². The van der Waals surface area contributed by atoms with Crippen LogP contribution in [0.4, 0.5) is 0 Å². The van der Waals surface area contributed by atoms with Crippen molar-refractivity contribution >= 4 is 0 Å². The third-order valence-corrected chi connectivity index (χ3v) is 1.74. The summed E-state index contributed by atoms with van der Waals surface area (Å²) in [6, 6.07) is 0. The van der Waals surface area contributed by atoms with E-state index in [0.29, 0.717) is 0 Å². The van der Waals surface area contributed by atoms with Crippen molar-refractivity contribution in [2.75, 3.05) is 39.3 Å². The van der Waals surface area contributed by atoms with E-state index in [1.807, 2.05) is 0 Å². The molecule has 0 atom stereocenters. The van der Waals surface area contributed by atoms with Gasteiger partial charge in [0.2, 0.25) is 0 Å². The molecular formula is C6H16N3+. The molecule has 4 N–H and O–H groups in total. The first-order valence-electron chi connectivity index (χ1n) is 3.67. The van der Waals surface area contributed by atoms with E-state index in [1.165, 1.54) is 26.2 Å². The molecule has 0 aromatic rings. The van der Waals surface area contributed by atoms with Crippen molar-refractivity contribution in [3.8, 4) is 0 Å². The highest BCUT2D eigenvalue weighted by atomic mass is 15.2. The number of nitrogens with zero attached hydrogens (tertiary/aromatic N) is 1. The Labute approximate surface area is 56.2 Å². The lowest BCUT2D eigenvalue weighted by molar-refractivity contribution is -0.663. The van der Waals surface area contributed by atoms with Gasteiger partial charge < -0.3 is 11.1 Å². The molecule has 0 saturated carbocycles. The van der Waals surface area contributed by atoms with Crippen LogP contribution in [-0.4, -0.2) is 44.2 Å². The second-order valence-corrected chi connectivity index (χ2v) is 2.50. The van der Waals surface area contributed by atoms with Crippen LogP contribution in [0.25, 0.3) is 0 Å². The van der Waals surface area contributed by atoms with E-state index >= 15 is 0 Å². The molecular weight excluding hydrogens is 114 g/mol. The Morgan fingerprint density at radius 2 is 2.00 bits per heavy atom. The molecule has 1 rings (SSSR count). The lowest BCUT2D eigenvalue weighted by atomic mass is 10.3. The number of piperazine rings is 1. The zero-order valence-corrected chi connectivity index (χ0v) is 5.84. The van der Waals surface area contributed by atoms with Gasteiger partial charge in [-0.2, -0.15) is 0 Å². The van der Waals surface area contributed by atoms with Gasteiger partial charge in [-0.25, -0.2) is 0 Å². The fourth-order valence-corrected chi connectivity index (χ4v) is 1.21. The van der Waals surface area contributed by atoms with Crippen LogP contribution in [0.1, 0.15) is 0 Å². The number of nitrogens with two attached hydrogens (primary N) is 2. The van der Waals surface area contributed by atoms with Crippen LogP contribution in [0.15, 0.2) is 0 Å². The SMILES string of the molecule is NCCN1CC[NH2+]CC1. The average Bonchev–Trinajstić information content (AvgIpc) is 1.91. The van der Waals surface area contributed by atoms with E-state index in [1.54, 1.807) is 0 Å². The molecule has 1 fully saturated rings. The molecule has 1 aliphatic heterocycles. The van der Waals surface area contributed by atoms with Gasteiger partial charge in [-0.15, -0.1) is 0 Å². The summed E-state index contributed by atoms with van der Waals surface area (Å²) in [5.41, 5.74) is 5.41. The third-order valence-electron chi connectivity index (χ3n) is 1.74. The highest BCUT2D eigenvalue weighted by molar-refractivity contribution is 4.58. The molecule has 0 aromatic carbocycles. The van der Waals surface area contributed by atoms with Gasteiger partial charge in [-0.1, -0.05) is 0 Å². The maximum Gasteiger partial charge on any atom is 0.0885 e. The Kier molecular flexibility index (Phi) is 2.97. The van der Waals surface area contributed by atoms with Crippen LogP contribution >= 0.6 is 0 Å². The molecule has 9 heavy (non-hydrogen) atoms. The van der Waals surface area contributed by atoms with Crippen molar-refractivity contribution in [3.63, 3.8) is 0 Å². The number of quaternary nitrogens is 1. The quantitative estimate of drug-likeness (QED) is 0.446. The van der Waals surface area contributed by atoms with Crippen LogP contribution in [0.3, 0.4) is 0 Å². The maximum atomic E-state index is 5.41. The van der Waals surface area contributed by atoms with Crippen molar-refractivity contribution in [2.24, 2.45) is 5.73 Å². The van der Waals surface area contributed by atoms with E-state index in [4.69, 9.17) is 5.73 Å². The van der Waals surface area contributed by atoms with Crippen LogP contribution in [0.5, 0.6) is 0 Å². The largest absolute Gasteiger partial charge is 0.344 e. The Balaban J connectivity index is 2.08. The van der Waals surface area contributed by atoms with Gasteiger partial charge in [0.05, 0.1) is 13.1 Å². The van der Waals surface area contributed by atoms with Crippen LogP contribution in [0.2, 0.25) is 0 Å². The monoisotopic (exact) mass is 130 g/mol. The lowest BCUT2D eigenvalue weighted by Gasteiger charge is -2.23. The van der Waals surface area contributed by atoms with Gasteiger partial charge in [-0.05, 0) is 0 Å². The topological polar surface area (TPSA) is 45.9 Å². The smallest absolute Gasteiger partial charge is 0.0885 e. The minimum atomic E-state index is 0.806.